The predicted octanol–water partition coefficient (Wildman–Crippen LogP) is 2.46. The third-order valence-electron chi connectivity index (χ3n) is 2.86. The van der Waals surface area contributed by atoms with Crippen LogP contribution in [0.4, 0.5) is 5.69 Å². The molecule has 1 unspecified atom stereocenters. The van der Waals surface area contributed by atoms with Gasteiger partial charge in [0.15, 0.2) is 0 Å². The Morgan fingerprint density at radius 3 is 3.11 bits per heavy atom. The number of benzene rings is 1. The number of carbonyl (C=O) groups excluding carboxylic acids is 1. The number of ether oxygens (including phenoxy) is 1. The van der Waals surface area contributed by atoms with Crippen LogP contribution in [-0.2, 0) is 9.53 Å². The normalized spacial score (nSPS) is 17.7. The topological polar surface area (TPSA) is 50.4 Å². The molecule has 0 spiro atoms. The molecule has 0 saturated carbocycles. The number of fused-ring (bicyclic) bond motifs is 1. The van der Waals surface area contributed by atoms with Gasteiger partial charge in [0.25, 0.3) is 0 Å². The molecule has 0 aliphatic carbocycles. The number of nitrogens with one attached hydrogen (secondary N) is 2. The van der Waals surface area contributed by atoms with Crippen molar-refractivity contribution >= 4 is 27.5 Å². The quantitative estimate of drug-likeness (QED) is 0.793. The summed E-state index contributed by atoms with van der Waals surface area (Å²) in [5.41, 5.74) is 1.90. The molecule has 4 nitrogen and oxygen atoms in total. The molecule has 98 valence electrons. The monoisotopic (exact) mass is 312 g/mol. The Hall–Kier alpha value is -0.910. The highest BCUT2D eigenvalue weighted by Crippen LogP contribution is 2.32. The van der Waals surface area contributed by atoms with Gasteiger partial charge in [0, 0.05) is 28.9 Å². The maximum Gasteiger partial charge on any atom is 0.246 e. The van der Waals surface area contributed by atoms with Crippen molar-refractivity contribution < 1.29 is 9.53 Å². The average Bonchev–Trinajstić information content (AvgIpc) is 2.64. The molecule has 2 N–H and O–H groups in total. The summed E-state index contributed by atoms with van der Waals surface area (Å²) in [6.07, 6.45) is 0.906. The summed E-state index contributed by atoms with van der Waals surface area (Å²) in [5.74, 6) is 0.0134. The molecule has 0 fully saturated rings. The van der Waals surface area contributed by atoms with E-state index in [0.29, 0.717) is 0 Å². The fourth-order valence-electron chi connectivity index (χ4n) is 2.00. The second kappa shape index (κ2) is 6.31. The largest absolute Gasteiger partial charge is 0.382 e. The van der Waals surface area contributed by atoms with Crippen molar-refractivity contribution in [1.82, 2.24) is 5.32 Å². The summed E-state index contributed by atoms with van der Waals surface area (Å²) < 4.78 is 6.23. The average molecular weight is 313 g/mol. The van der Waals surface area contributed by atoms with Crippen LogP contribution in [0, 0.1) is 0 Å². The summed E-state index contributed by atoms with van der Waals surface area (Å²) in [6, 6.07) is 5.61. The van der Waals surface area contributed by atoms with E-state index >= 15 is 0 Å². The van der Waals surface area contributed by atoms with Crippen LogP contribution in [0.3, 0.4) is 0 Å². The van der Waals surface area contributed by atoms with Crippen molar-refractivity contribution in [1.29, 1.82) is 0 Å². The molecule has 18 heavy (non-hydrogen) atoms. The molecule has 1 amide bonds. The van der Waals surface area contributed by atoms with Gasteiger partial charge in [0.1, 0.15) is 6.04 Å². The molecule has 0 radical (unpaired) electrons. The second-order valence-electron chi connectivity index (χ2n) is 4.16. The number of amides is 1. The van der Waals surface area contributed by atoms with Crippen molar-refractivity contribution in [2.24, 2.45) is 0 Å². The van der Waals surface area contributed by atoms with Gasteiger partial charge in [0.2, 0.25) is 5.91 Å². The maximum atomic E-state index is 11.8. The summed E-state index contributed by atoms with van der Waals surface area (Å²) in [6.45, 7) is 4.21. The number of anilines is 1. The van der Waals surface area contributed by atoms with Crippen molar-refractivity contribution in [3.8, 4) is 0 Å². The standard InChI is InChI=1S/C13H17BrN2O2/c1-2-18-7-3-6-15-12-10-5-4-9(14)8-11(10)16-13(12)17/h4-5,8,12,15H,2-3,6-7H2,1H3,(H,16,17). The summed E-state index contributed by atoms with van der Waals surface area (Å²) >= 11 is 3.40. The first kappa shape index (κ1) is 13.5. The SMILES string of the molecule is CCOCCCNC1C(=O)Nc2cc(Br)ccc21. The van der Waals surface area contributed by atoms with Gasteiger partial charge in [-0.05, 0) is 32.0 Å². The van der Waals surface area contributed by atoms with Crippen LogP contribution >= 0.6 is 15.9 Å². The Morgan fingerprint density at radius 2 is 2.33 bits per heavy atom. The van der Waals surface area contributed by atoms with Crippen LogP contribution in [-0.4, -0.2) is 25.7 Å². The third-order valence-corrected chi connectivity index (χ3v) is 3.36. The first-order chi connectivity index (χ1) is 8.72. The number of carbonyl (C=O) groups is 1. The maximum absolute atomic E-state index is 11.8. The summed E-state index contributed by atoms with van der Waals surface area (Å²) in [4.78, 5) is 11.8. The second-order valence-corrected chi connectivity index (χ2v) is 5.07. The van der Waals surface area contributed by atoms with Crippen LogP contribution in [0.25, 0.3) is 0 Å². The molecule has 1 heterocycles. The van der Waals surface area contributed by atoms with E-state index in [1.54, 1.807) is 0 Å². The molecule has 1 aromatic rings. The Balaban J connectivity index is 1.92. The van der Waals surface area contributed by atoms with Crippen molar-refractivity contribution in [2.75, 3.05) is 25.1 Å². The van der Waals surface area contributed by atoms with E-state index in [4.69, 9.17) is 4.74 Å². The third kappa shape index (κ3) is 3.10. The minimum Gasteiger partial charge on any atom is -0.382 e. The molecule has 0 bridgehead atoms. The fourth-order valence-corrected chi connectivity index (χ4v) is 2.36. The van der Waals surface area contributed by atoms with Crippen LogP contribution in [0.1, 0.15) is 24.9 Å². The van der Waals surface area contributed by atoms with Gasteiger partial charge in [-0.3, -0.25) is 4.79 Å². The molecule has 0 aromatic heterocycles. The zero-order chi connectivity index (χ0) is 13.0. The minimum absolute atomic E-state index is 0.0134. The molecule has 0 saturated heterocycles. The van der Waals surface area contributed by atoms with E-state index in [1.807, 2.05) is 25.1 Å². The van der Waals surface area contributed by atoms with Crippen molar-refractivity contribution in [2.45, 2.75) is 19.4 Å². The van der Waals surface area contributed by atoms with Crippen molar-refractivity contribution in [3.63, 3.8) is 0 Å². The van der Waals surface area contributed by atoms with Crippen LogP contribution in [0.5, 0.6) is 0 Å². The molecule has 1 aromatic carbocycles. The lowest BCUT2D eigenvalue weighted by Gasteiger charge is -2.11. The van der Waals surface area contributed by atoms with Crippen LogP contribution < -0.4 is 10.6 Å². The molecule has 2 rings (SSSR count). The lowest BCUT2D eigenvalue weighted by atomic mass is 10.1. The van der Waals surface area contributed by atoms with Crippen LogP contribution in [0.2, 0.25) is 0 Å². The summed E-state index contributed by atoms with van der Waals surface area (Å²) in [5, 5.41) is 6.14. The van der Waals surface area contributed by atoms with Gasteiger partial charge in [-0.15, -0.1) is 0 Å². The highest BCUT2D eigenvalue weighted by Gasteiger charge is 2.29. The Kier molecular flexibility index (Phi) is 4.74. The van der Waals surface area contributed by atoms with E-state index in [0.717, 1.165) is 41.9 Å². The number of hydrogen-bond donors (Lipinski definition) is 2. The number of halogens is 1. The molecular weight excluding hydrogens is 296 g/mol. The van der Waals surface area contributed by atoms with E-state index in [2.05, 4.69) is 26.6 Å². The molecular formula is C13H17BrN2O2. The van der Waals surface area contributed by atoms with E-state index in [9.17, 15) is 4.79 Å². The molecule has 1 aliphatic rings. The Labute approximate surface area is 115 Å². The molecule has 1 aliphatic heterocycles. The van der Waals surface area contributed by atoms with Gasteiger partial charge in [-0.1, -0.05) is 22.0 Å². The zero-order valence-corrected chi connectivity index (χ0v) is 11.9. The first-order valence-corrected chi connectivity index (χ1v) is 6.93. The van der Waals surface area contributed by atoms with E-state index < -0.39 is 0 Å². The highest BCUT2D eigenvalue weighted by atomic mass is 79.9. The van der Waals surface area contributed by atoms with Gasteiger partial charge in [-0.2, -0.15) is 0 Å². The van der Waals surface area contributed by atoms with Gasteiger partial charge in [-0.25, -0.2) is 0 Å². The fraction of sp³-hybridized carbons (Fsp3) is 0.462. The molecule has 1 atom stereocenters. The highest BCUT2D eigenvalue weighted by molar-refractivity contribution is 9.10. The lowest BCUT2D eigenvalue weighted by Crippen LogP contribution is -2.28. The number of rotatable bonds is 6. The Morgan fingerprint density at radius 1 is 1.50 bits per heavy atom. The predicted molar refractivity (Wildman–Crippen MR) is 74.6 cm³/mol. The smallest absolute Gasteiger partial charge is 0.246 e. The van der Waals surface area contributed by atoms with Crippen molar-refractivity contribution in [3.05, 3.63) is 28.2 Å². The first-order valence-electron chi connectivity index (χ1n) is 6.14. The lowest BCUT2D eigenvalue weighted by molar-refractivity contribution is -0.117. The molecule has 5 heteroatoms. The van der Waals surface area contributed by atoms with Gasteiger partial charge in [0.05, 0.1) is 0 Å². The Bertz CT molecular complexity index is 437. The van der Waals surface area contributed by atoms with Crippen LogP contribution in [0.15, 0.2) is 22.7 Å². The number of hydrogen-bond acceptors (Lipinski definition) is 3. The van der Waals surface area contributed by atoms with E-state index in [1.165, 1.54) is 0 Å². The zero-order valence-electron chi connectivity index (χ0n) is 10.3. The summed E-state index contributed by atoms with van der Waals surface area (Å²) in [7, 11) is 0. The van der Waals surface area contributed by atoms with Gasteiger partial charge >= 0.3 is 0 Å². The van der Waals surface area contributed by atoms with E-state index in [-0.39, 0.29) is 11.9 Å². The van der Waals surface area contributed by atoms with Gasteiger partial charge < -0.3 is 15.4 Å². The minimum atomic E-state index is -0.241.